The number of nitrogens with zero attached hydrogens (tertiary/aromatic N) is 3. The molecule has 13 heteroatoms. The highest BCUT2D eigenvalue weighted by Gasteiger charge is 2.37. The van der Waals surface area contributed by atoms with Gasteiger partial charge >= 0.3 is 12.1 Å². The normalized spacial score (nSPS) is 20.9. The summed E-state index contributed by atoms with van der Waals surface area (Å²) in [6.07, 6.45) is 0.289. The van der Waals surface area contributed by atoms with Gasteiger partial charge in [-0.2, -0.15) is 33.5 Å². The quantitative estimate of drug-likeness (QED) is 0.373. The fourth-order valence-electron chi connectivity index (χ4n) is 4.35. The van der Waals surface area contributed by atoms with Crippen molar-refractivity contribution in [2.24, 2.45) is 0 Å². The summed E-state index contributed by atoms with van der Waals surface area (Å²) in [6, 6.07) is 2.37. The van der Waals surface area contributed by atoms with Crippen LogP contribution in [-0.4, -0.2) is 42.1 Å². The molecule has 2 heterocycles. The van der Waals surface area contributed by atoms with Crippen molar-refractivity contribution < 1.29 is 31.1 Å². The maximum atomic E-state index is 13.7. The molecule has 0 amide bonds. The molecule has 36 heavy (non-hydrogen) atoms. The van der Waals surface area contributed by atoms with Gasteiger partial charge in [-0.3, -0.25) is 9.48 Å². The molecule has 0 bridgehead atoms. The number of benzene rings is 1. The maximum absolute atomic E-state index is 13.7. The van der Waals surface area contributed by atoms with Crippen LogP contribution in [0.15, 0.2) is 56.1 Å². The van der Waals surface area contributed by atoms with Crippen molar-refractivity contribution >= 4 is 38.5 Å². The number of rotatable bonds is 7. The van der Waals surface area contributed by atoms with Crippen LogP contribution in [0.5, 0.6) is 0 Å². The Bertz CT molecular complexity index is 1340. The second-order valence-electron chi connectivity index (χ2n) is 8.49. The van der Waals surface area contributed by atoms with Gasteiger partial charge in [0.15, 0.2) is 0 Å². The summed E-state index contributed by atoms with van der Waals surface area (Å²) in [4.78, 5) is 10.9. The number of fused-ring (bicyclic) bond motifs is 1. The summed E-state index contributed by atoms with van der Waals surface area (Å²) in [7, 11) is -4.21. The number of aromatic nitrogens is 2. The number of sulfonamides is 1. The van der Waals surface area contributed by atoms with E-state index in [0.29, 0.717) is 42.5 Å². The van der Waals surface area contributed by atoms with Gasteiger partial charge in [0.05, 0.1) is 29.2 Å². The van der Waals surface area contributed by atoms with Gasteiger partial charge in [-0.1, -0.05) is 11.6 Å². The van der Waals surface area contributed by atoms with Crippen molar-refractivity contribution in [1.29, 1.82) is 0 Å². The van der Waals surface area contributed by atoms with E-state index >= 15 is 0 Å². The number of ether oxygens (including phenoxy) is 1. The fourth-order valence-corrected chi connectivity index (χ4v) is 8.00. The van der Waals surface area contributed by atoms with Crippen molar-refractivity contribution in [3.63, 3.8) is 0 Å². The summed E-state index contributed by atoms with van der Waals surface area (Å²) in [5.74, 6) is -0.410. The van der Waals surface area contributed by atoms with Crippen molar-refractivity contribution in [2.75, 3.05) is 13.7 Å². The topological polar surface area (TPSA) is 81.5 Å². The Morgan fingerprint density at radius 1 is 1.33 bits per heavy atom. The molecule has 1 aliphatic carbocycles. The molecule has 4 rings (SSSR count). The third-order valence-corrected chi connectivity index (χ3v) is 10.2. The Labute approximate surface area is 215 Å². The van der Waals surface area contributed by atoms with Crippen molar-refractivity contribution in [3.05, 3.63) is 63.1 Å². The lowest BCUT2D eigenvalue weighted by molar-refractivity contribution is -0.141. The molecular formula is C23H25ClF3N3O4S2. The molecule has 1 aliphatic heterocycles. The summed E-state index contributed by atoms with van der Waals surface area (Å²) in [6.45, 7) is 1.76. The average Bonchev–Trinajstić information content (AvgIpc) is 3.44. The lowest BCUT2D eigenvalue weighted by Gasteiger charge is -2.31. The van der Waals surface area contributed by atoms with Gasteiger partial charge in [0.25, 0.3) is 0 Å². The molecule has 196 valence electrons. The minimum absolute atomic E-state index is 0.130. The average molecular weight is 564 g/mol. The lowest BCUT2D eigenvalue weighted by Crippen LogP contribution is -2.33. The highest BCUT2D eigenvalue weighted by Crippen LogP contribution is 2.48. The molecule has 2 aromatic rings. The zero-order chi connectivity index (χ0) is 26.3. The van der Waals surface area contributed by atoms with E-state index in [1.165, 1.54) is 20.0 Å². The predicted octanol–water partition coefficient (Wildman–Crippen LogP) is 5.13. The van der Waals surface area contributed by atoms with Crippen molar-refractivity contribution in [1.82, 2.24) is 14.1 Å². The first-order chi connectivity index (χ1) is 16.9. The van der Waals surface area contributed by atoms with Crippen LogP contribution in [-0.2, 0) is 38.7 Å². The highest BCUT2D eigenvalue weighted by atomic mass is 35.5. The third kappa shape index (κ3) is 5.51. The van der Waals surface area contributed by atoms with E-state index in [0.717, 1.165) is 16.1 Å². The number of carbonyl (C=O) groups is 1. The summed E-state index contributed by atoms with van der Waals surface area (Å²) >= 11 is 5.97. The maximum Gasteiger partial charge on any atom is 0.416 e. The Morgan fingerprint density at radius 3 is 2.72 bits per heavy atom. The Kier molecular flexibility index (Phi) is 7.61. The minimum Gasteiger partial charge on any atom is -0.464 e. The van der Waals surface area contributed by atoms with Crippen LogP contribution < -0.4 is 0 Å². The Hall–Kier alpha value is -2.28. The minimum atomic E-state index is -4.72. The molecular weight excluding hydrogens is 539 g/mol. The number of thiol groups is 1. The number of alkyl halides is 3. The molecule has 1 unspecified atom stereocenters. The molecule has 1 aromatic carbocycles. The van der Waals surface area contributed by atoms with Gasteiger partial charge in [0.2, 0.25) is 10.0 Å². The zero-order valence-corrected chi connectivity index (χ0v) is 22.0. The summed E-state index contributed by atoms with van der Waals surface area (Å²) < 4.78 is 76.2. The second kappa shape index (κ2) is 10.2. The van der Waals surface area contributed by atoms with E-state index in [2.05, 4.69) is 5.10 Å². The first-order valence-corrected chi connectivity index (χ1v) is 14.4. The smallest absolute Gasteiger partial charge is 0.416 e. The monoisotopic (exact) mass is 563 g/mol. The molecule has 0 saturated heterocycles. The van der Waals surface area contributed by atoms with Gasteiger partial charge < -0.3 is 4.74 Å². The van der Waals surface area contributed by atoms with Crippen LogP contribution in [0, 0.1) is 0 Å². The van der Waals surface area contributed by atoms with Gasteiger partial charge in [0.1, 0.15) is 6.61 Å². The van der Waals surface area contributed by atoms with E-state index < -0.39 is 49.6 Å². The van der Waals surface area contributed by atoms with Gasteiger partial charge in [-0.15, -0.1) is 0 Å². The standard InChI is InChI=1S/C23H25ClF3N3O4S2/c1-15(31)34-8-7-30-22-5-3-4-21(20(22)13-28-30)29(2)36(32,33)19-11-16(23(25,26)27)10-18(12-19)35-9-6-17(24)14-35/h6,9-14,21,35H,3-5,7-8H2,1-2H3/t21-/m1/s1. The first-order valence-electron chi connectivity index (χ1n) is 11.1. The second-order valence-corrected chi connectivity index (χ2v) is 12.8. The number of esters is 1. The summed E-state index contributed by atoms with van der Waals surface area (Å²) in [5.41, 5.74) is 0.492. The molecule has 0 fully saturated rings. The number of halogens is 4. The van der Waals surface area contributed by atoms with Gasteiger partial charge in [0, 0.05) is 30.3 Å². The highest BCUT2D eigenvalue weighted by molar-refractivity contribution is 8.22. The van der Waals surface area contributed by atoms with Crippen LogP contribution >= 0.6 is 22.5 Å². The molecule has 1 aromatic heterocycles. The van der Waals surface area contributed by atoms with E-state index in [4.69, 9.17) is 16.3 Å². The summed E-state index contributed by atoms with van der Waals surface area (Å²) in [5, 5.41) is 8.05. The van der Waals surface area contributed by atoms with Gasteiger partial charge in [-0.05, 0) is 59.2 Å². The van der Waals surface area contributed by atoms with Crippen LogP contribution in [0.25, 0.3) is 0 Å². The number of hydrogen-bond donors (Lipinski definition) is 1. The van der Waals surface area contributed by atoms with Gasteiger partial charge in [-0.25, -0.2) is 8.42 Å². The van der Waals surface area contributed by atoms with Crippen LogP contribution in [0.1, 0.15) is 42.6 Å². The van der Waals surface area contributed by atoms with Crippen LogP contribution in [0.2, 0.25) is 0 Å². The van der Waals surface area contributed by atoms with Crippen molar-refractivity contribution in [3.8, 4) is 0 Å². The number of hydrogen-bond acceptors (Lipinski definition) is 5. The van der Waals surface area contributed by atoms with E-state index in [-0.39, 0.29) is 11.5 Å². The SMILES string of the molecule is CC(=O)OCCn1ncc2c1CCC[C@H]2N(C)S(=O)(=O)c1cc([SH]2C=CC(Cl)=C2)cc(C(F)(F)F)c1. The third-order valence-electron chi connectivity index (χ3n) is 6.13. The zero-order valence-electron chi connectivity index (χ0n) is 19.5. The van der Waals surface area contributed by atoms with E-state index in [1.54, 1.807) is 27.8 Å². The molecule has 7 nitrogen and oxygen atoms in total. The molecule has 0 saturated carbocycles. The molecule has 0 radical (unpaired) electrons. The fraction of sp³-hybridized carbons (Fsp3) is 0.391. The Morgan fingerprint density at radius 2 is 2.08 bits per heavy atom. The first kappa shape index (κ1) is 26.8. The van der Waals surface area contributed by atoms with Crippen LogP contribution in [0.3, 0.4) is 0 Å². The largest absolute Gasteiger partial charge is 0.464 e. The molecule has 0 spiro atoms. The molecule has 0 N–H and O–H groups in total. The van der Waals surface area contributed by atoms with E-state index in [1.807, 2.05) is 0 Å². The Balaban J connectivity index is 1.68. The van der Waals surface area contributed by atoms with Crippen LogP contribution in [0.4, 0.5) is 13.2 Å². The van der Waals surface area contributed by atoms with Crippen molar-refractivity contribution in [2.45, 2.75) is 54.7 Å². The lowest BCUT2D eigenvalue weighted by atomic mass is 9.93. The predicted molar refractivity (Wildman–Crippen MR) is 131 cm³/mol. The number of allylic oxidation sites excluding steroid dienone is 2. The number of carbonyl (C=O) groups excluding carboxylic acids is 1. The van der Waals surface area contributed by atoms with E-state index in [9.17, 15) is 26.4 Å². The molecule has 2 atom stereocenters. The molecule has 2 aliphatic rings.